The zero-order valence-electron chi connectivity index (χ0n) is 18.4. The highest BCUT2D eigenvalue weighted by molar-refractivity contribution is 6.74. The number of hydrogen-bond donors (Lipinski definition) is 0. The first-order chi connectivity index (χ1) is 13.7. The zero-order valence-corrected chi connectivity index (χ0v) is 19.4. The van der Waals surface area contributed by atoms with Crippen molar-refractivity contribution in [3.8, 4) is 5.75 Å². The van der Waals surface area contributed by atoms with E-state index in [9.17, 15) is 0 Å². The quantitative estimate of drug-likeness (QED) is 0.525. The van der Waals surface area contributed by atoms with Gasteiger partial charge in [0.2, 0.25) is 5.90 Å². The molecule has 2 aromatic carbocycles. The van der Waals surface area contributed by atoms with E-state index in [1.165, 1.54) is 5.56 Å². The molecule has 0 aliphatic carbocycles. The van der Waals surface area contributed by atoms with E-state index in [0.717, 1.165) is 11.3 Å². The van der Waals surface area contributed by atoms with E-state index >= 15 is 0 Å². The molecule has 1 heterocycles. The Hall–Kier alpha value is -2.11. The van der Waals surface area contributed by atoms with Crippen LogP contribution < -0.4 is 4.74 Å². The molecule has 3 rings (SSSR count). The normalized spacial score (nSPS) is 18.1. The highest BCUT2D eigenvalue weighted by Gasteiger charge is 2.37. The zero-order chi connectivity index (χ0) is 21.1. The molecule has 0 saturated carbocycles. The summed E-state index contributed by atoms with van der Waals surface area (Å²) in [5.41, 5.74) is 2.12. The summed E-state index contributed by atoms with van der Waals surface area (Å²) in [7, 11) is -1.78. The van der Waals surface area contributed by atoms with Crippen molar-refractivity contribution in [2.75, 3.05) is 13.2 Å². The highest BCUT2D eigenvalue weighted by atomic mass is 28.4. The van der Waals surface area contributed by atoms with E-state index in [1.807, 2.05) is 42.5 Å². The van der Waals surface area contributed by atoms with Crippen LogP contribution in [-0.2, 0) is 9.16 Å². The molecule has 156 valence electrons. The molecule has 0 aromatic heterocycles. The van der Waals surface area contributed by atoms with Crippen molar-refractivity contribution in [1.82, 2.24) is 0 Å². The van der Waals surface area contributed by atoms with Crippen LogP contribution in [0.2, 0.25) is 18.1 Å². The topological polar surface area (TPSA) is 40.0 Å². The van der Waals surface area contributed by atoms with Crippen LogP contribution in [0.4, 0.5) is 0 Å². The van der Waals surface area contributed by atoms with E-state index in [-0.39, 0.29) is 17.2 Å². The van der Waals surface area contributed by atoms with Gasteiger partial charge in [-0.2, -0.15) is 0 Å². The summed E-state index contributed by atoms with van der Waals surface area (Å²) in [4.78, 5) is 4.76. The lowest BCUT2D eigenvalue weighted by molar-refractivity contribution is 0.134. The van der Waals surface area contributed by atoms with Gasteiger partial charge >= 0.3 is 0 Å². The maximum absolute atomic E-state index is 6.29. The van der Waals surface area contributed by atoms with Gasteiger partial charge in [-0.15, -0.1) is 0 Å². The van der Waals surface area contributed by atoms with Gasteiger partial charge < -0.3 is 13.9 Å². The molecule has 0 spiro atoms. The fourth-order valence-corrected chi connectivity index (χ4v) is 3.97. The maximum Gasteiger partial charge on any atom is 0.217 e. The highest BCUT2D eigenvalue weighted by Crippen LogP contribution is 2.36. The standard InChI is InChI=1S/C24H33NO3Si/c1-18(16-27-29(5,6)24(2,3)4)28-21-14-10-13-20(15-21)23-25-22(17-26-23)19-11-8-7-9-12-19/h7-15,18,22H,16-17H2,1-6H3/t18-,22+/m1/s1. The van der Waals surface area contributed by atoms with Gasteiger partial charge in [0.15, 0.2) is 8.32 Å². The summed E-state index contributed by atoms with van der Waals surface area (Å²) in [6.07, 6.45) is -0.0251. The third-order valence-electron chi connectivity index (χ3n) is 5.74. The smallest absolute Gasteiger partial charge is 0.217 e. The van der Waals surface area contributed by atoms with Gasteiger partial charge in [0.1, 0.15) is 24.5 Å². The second-order valence-corrected chi connectivity index (χ2v) is 14.0. The summed E-state index contributed by atoms with van der Waals surface area (Å²) < 4.78 is 18.3. The second-order valence-electron chi connectivity index (χ2n) is 9.20. The number of hydrogen-bond acceptors (Lipinski definition) is 4. The number of ether oxygens (including phenoxy) is 2. The Labute approximate surface area is 176 Å². The summed E-state index contributed by atoms with van der Waals surface area (Å²) in [6, 6.07) is 18.3. The molecule has 0 N–H and O–H groups in total. The average molecular weight is 412 g/mol. The third kappa shape index (κ3) is 5.49. The molecule has 1 aliphatic heterocycles. The number of benzene rings is 2. The molecule has 0 saturated heterocycles. The Morgan fingerprint density at radius 2 is 1.83 bits per heavy atom. The van der Waals surface area contributed by atoms with Crippen LogP contribution in [0.5, 0.6) is 5.75 Å². The van der Waals surface area contributed by atoms with Crippen LogP contribution in [0.3, 0.4) is 0 Å². The van der Waals surface area contributed by atoms with E-state index in [4.69, 9.17) is 18.9 Å². The largest absolute Gasteiger partial charge is 0.488 e. The Morgan fingerprint density at radius 1 is 1.10 bits per heavy atom. The molecule has 0 radical (unpaired) electrons. The molecular formula is C24H33NO3Si. The van der Waals surface area contributed by atoms with Crippen molar-refractivity contribution in [3.05, 3.63) is 65.7 Å². The van der Waals surface area contributed by atoms with Gasteiger partial charge in [0.05, 0.1) is 6.61 Å². The molecular weight excluding hydrogens is 378 g/mol. The summed E-state index contributed by atoms with van der Waals surface area (Å²) >= 11 is 0. The second kappa shape index (κ2) is 8.72. The molecule has 2 atom stereocenters. The number of rotatable bonds is 7. The molecule has 1 aliphatic rings. The van der Waals surface area contributed by atoms with Gasteiger partial charge in [0.25, 0.3) is 0 Å². The van der Waals surface area contributed by atoms with Crippen LogP contribution in [0.25, 0.3) is 0 Å². The summed E-state index contributed by atoms with van der Waals surface area (Å²) in [5.74, 6) is 1.48. The van der Waals surface area contributed by atoms with E-state index in [2.05, 4.69) is 52.9 Å². The van der Waals surface area contributed by atoms with Crippen molar-refractivity contribution < 1.29 is 13.9 Å². The fraction of sp³-hybridized carbons (Fsp3) is 0.458. The first-order valence-electron chi connectivity index (χ1n) is 10.3. The fourth-order valence-electron chi connectivity index (χ4n) is 2.89. The minimum absolute atomic E-state index is 0.0251. The van der Waals surface area contributed by atoms with Gasteiger partial charge in [-0.25, -0.2) is 4.99 Å². The van der Waals surface area contributed by atoms with Crippen LogP contribution in [-0.4, -0.2) is 33.5 Å². The van der Waals surface area contributed by atoms with Crippen molar-refractivity contribution in [2.24, 2.45) is 4.99 Å². The average Bonchev–Trinajstić information content (AvgIpc) is 3.17. The molecule has 4 nitrogen and oxygen atoms in total. The van der Waals surface area contributed by atoms with Gasteiger partial charge in [-0.3, -0.25) is 0 Å². The molecule has 0 amide bonds. The SMILES string of the molecule is C[C@H](CO[Si](C)(C)C(C)(C)C)Oc1cccc(C2=N[C@H](c3ccccc3)CO2)c1. The van der Waals surface area contributed by atoms with Crippen LogP contribution in [0.15, 0.2) is 59.6 Å². The summed E-state index contributed by atoms with van der Waals surface area (Å²) in [6.45, 7) is 14.5. The first-order valence-corrected chi connectivity index (χ1v) is 13.2. The number of aliphatic imine (C=N–C) groups is 1. The Kier molecular flexibility index (Phi) is 6.49. The molecule has 0 unspecified atom stereocenters. The van der Waals surface area contributed by atoms with Crippen LogP contribution in [0, 0.1) is 0 Å². The predicted octanol–water partition coefficient (Wildman–Crippen LogP) is 5.99. The Morgan fingerprint density at radius 3 is 2.52 bits per heavy atom. The third-order valence-corrected chi connectivity index (χ3v) is 10.2. The molecule has 2 aromatic rings. The molecule has 0 fully saturated rings. The Bertz CT molecular complexity index is 843. The summed E-state index contributed by atoms with van der Waals surface area (Å²) in [5, 5.41) is 0.194. The van der Waals surface area contributed by atoms with Crippen molar-refractivity contribution in [2.45, 2.75) is 58.0 Å². The van der Waals surface area contributed by atoms with E-state index in [0.29, 0.717) is 19.1 Å². The Balaban J connectivity index is 1.63. The van der Waals surface area contributed by atoms with E-state index < -0.39 is 8.32 Å². The van der Waals surface area contributed by atoms with Gasteiger partial charge in [0, 0.05) is 5.56 Å². The van der Waals surface area contributed by atoms with Crippen LogP contribution >= 0.6 is 0 Å². The minimum atomic E-state index is -1.78. The van der Waals surface area contributed by atoms with Gasteiger partial charge in [-0.1, -0.05) is 57.2 Å². The number of nitrogens with zero attached hydrogens (tertiary/aromatic N) is 1. The van der Waals surface area contributed by atoms with Crippen LogP contribution in [0.1, 0.15) is 44.9 Å². The van der Waals surface area contributed by atoms with E-state index in [1.54, 1.807) is 0 Å². The lowest BCUT2D eigenvalue weighted by Crippen LogP contribution is -2.43. The van der Waals surface area contributed by atoms with Crippen molar-refractivity contribution in [3.63, 3.8) is 0 Å². The molecule has 5 heteroatoms. The molecule has 29 heavy (non-hydrogen) atoms. The maximum atomic E-state index is 6.29. The lowest BCUT2D eigenvalue weighted by atomic mass is 10.1. The van der Waals surface area contributed by atoms with Gasteiger partial charge in [-0.05, 0) is 48.8 Å². The van der Waals surface area contributed by atoms with Crippen molar-refractivity contribution >= 4 is 14.2 Å². The minimum Gasteiger partial charge on any atom is -0.488 e. The first kappa shape index (κ1) is 21.6. The lowest BCUT2D eigenvalue weighted by Gasteiger charge is -2.36. The van der Waals surface area contributed by atoms with Crippen molar-refractivity contribution in [1.29, 1.82) is 0 Å². The predicted molar refractivity (Wildman–Crippen MR) is 121 cm³/mol. The monoisotopic (exact) mass is 411 g/mol. The molecule has 0 bridgehead atoms.